The molecule has 0 bridgehead atoms. The summed E-state index contributed by atoms with van der Waals surface area (Å²) >= 11 is 0. The van der Waals surface area contributed by atoms with Gasteiger partial charge in [0, 0.05) is 17.4 Å². The first-order valence-electron chi connectivity index (χ1n) is 4.88. The fourth-order valence-corrected chi connectivity index (χ4v) is 2.19. The van der Waals surface area contributed by atoms with E-state index >= 15 is 0 Å². The molecule has 0 atom stereocenters. The number of ketones is 1. The minimum Gasteiger partial charge on any atom is -0.464 e. The van der Waals surface area contributed by atoms with E-state index in [0.29, 0.717) is 6.42 Å². The number of hydrogen-bond donors (Lipinski definition) is 0. The van der Waals surface area contributed by atoms with Gasteiger partial charge in [0.25, 0.3) is 0 Å². The quantitative estimate of drug-likeness (QED) is 0.633. The molecule has 0 unspecified atom stereocenters. The summed E-state index contributed by atoms with van der Waals surface area (Å²) in [6, 6.07) is 5.85. The summed E-state index contributed by atoms with van der Waals surface area (Å²) in [5, 5.41) is 0.979. The maximum Gasteiger partial charge on any atom is 0.163 e. The molecule has 1 aromatic heterocycles. The molecule has 0 spiro atoms. The molecule has 2 heteroatoms. The summed E-state index contributed by atoms with van der Waals surface area (Å²) in [5.74, 6) is 0.262. The molecule has 1 aliphatic rings. The molecule has 1 aliphatic carbocycles. The fourth-order valence-electron chi connectivity index (χ4n) is 2.19. The van der Waals surface area contributed by atoms with Crippen molar-refractivity contribution >= 4 is 16.8 Å². The summed E-state index contributed by atoms with van der Waals surface area (Å²) in [7, 11) is 0. The van der Waals surface area contributed by atoms with Gasteiger partial charge in [0.15, 0.2) is 5.78 Å². The largest absolute Gasteiger partial charge is 0.464 e. The number of fused-ring (bicyclic) bond motifs is 3. The Balaban J connectivity index is 2.41. The Morgan fingerprint density at radius 3 is 3.00 bits per heavy atom. The third-order valence-corrected chi connectivity index (χ3v) is 2.85. The zero-order valence-electron chi connectivity index (χ0n) is 7.75. The average molecular weight is 186 g/mol. The van der Waals surface area contributed by atoms with E-state index in [2.05, 4.69) is 0 Å². The molecule has 2 nitrogen and oxygen atoms in total. The lowest BCUT2D eigenvalue weighted by molar-refractivity contribution is 0.0974. The SMILES string of the molecule is O=C1CCCc2ccc3occc3c21. The number of furan rings is 1. The van der Waals surface area contributed by atoms with Gasteiger partial charge in [-0.15, -0.1) is 0 Å². The lowest BCUT2D eigenvalue weighted by Gasteiger charge is -2.14. The Labute approximate surface area is 81.5 Å². The lowest BCUT2D eigenvalue weighted by Crippen LogP contribution is -2.10. The zero-order valence-corrected chi connectivity index (χ0v) is 7.75. The molecular formula is C12H10O2. The molecule has 0 amide bonds. The maximum absolute atomic E-state index is 11.8. The van der Waals surface area contributed by atoms with E-state index in [1.165, 1.54) is 5.56 Å². The molecule has 70 valence electrons. The predicted molar refractivity (Wildman–Crippen MR) is 53.5 cm³/mol. The molecule has 1 aromatic carbocycles. The van der Waals surface area contributed by atoms with Crippen LogP contribution in [0.4, 0.5) is 0 Å². The Kier molecular flexibility index (Phi) is 1.51. The lowest BCUT2D eigenvalue weighted by atomic mass is 9.88. The highest BCUT2D eigenvalue weighted by atomic mass is 16.3. The van der Waals surface area contributed by atoms with E-state index in [4.69, 9.17) is 4.42 Å². The molecular weight excluding hydrogens is 176 g/mol. The molecule has 0 saturated heterocycles. The van der Waals surface area contributed by atoms with Crippen LogP contribution in [0.1, 0.15) is 28.8 Å². The Hall–Kier alpha value is -1.57. The molecule has 14 heavy (non-hydrogen) atoms. The van der Waals surface area contributed by atoms with Crippen LogP contribution in [0.5, 0.6) is 0 Å². The Morgan fingerprint density at radius 1 is 1.14 bits per heavy atom. The molecule has 2 aromatic rings. The van der Waals surface area contributed by atoms with Gasteiger partial charge in [-0.25, -0.2) is 0 Å². The summed E-state index contributed by atoms with van der Waals surface area (Å²) in [6.45, 7) is 0. The van der Waals surface area contributed by atoms with Crippen LogP contribution in [0.15, 0.2) is 28.9 Å². The van der Waals surface area contributed by atoms with Crippen LogP contribution in [-0.4, -0.2) is 5.78 Å². The van der Waals surface area contributed by atoms with Crippen LogP contribution in [0, 0.1) is 0 Å². The smallest absolute Gasteiger partial charge is 0.163 e. The van der Waals surface area contributed by atoms with Crippen molar-refractivity contribution in [1.82, 2.24) is 0 Å². The Bertz CT molecular complexity index is 508. The van der Waals surface area contributed by atoms with Crippen molar-refractivity contribution in [2.24, 2.45) is 0 Å². The van der Waals surface area contributed by atoms with Crippen molar-refractivity contribution < 1.29 is 9.21 Å². The minimum absolute atomic E-state index is 0.262. The molecule has 0 fully saturated rings. The molecule has 0 radical (unpaired) electrons. The number of benzene rings is 1. The third kappa shape index (κ3) is 0.939. The van der Waals surface area contributed by atoms with E-state index in [1.54, 1.807) is 6.26 Å². The zero-order chi connectivity index (χ0) is 9.54. The first-order valence-corrected chi connectivity index (χ1v) is 4.88. The predicted octanol–water partition coefficient (Wildman–Crippen LogP) is 2.95. The van der Waals surface area contributed by atoms with Gasteiger partial charge in [-0.1, -0.05) is 6.07 Å². The summed E-state index contributed by atoms with van der Waals surface area (Å²) in [4.78, 5) is 11.8. The van der Waals surface area contributed by atoms with Crippen LogP contribution in [-0.2, 0) is 6.42 Å². The molecule has 0 saturated carbocycles. The van der Waals surface area contributed by atoms with Gasteiger partial charge in [0.05, 0.1) is 6.26 Å². The van der Waals surface area contributed by atoms with Gasteiger partial charge in [0.2, 0.25) is 0 Å². The highest BCUT2D eigenvalue weighted by Gasteiger charge is 2.20. The first kappa shape index (κ1) is 7.80. The van der Waals surface area contributed by atoms with E-state index in [0.717, 1.165) is 29.4 Å². The van der Waals surface area contributed by atoms with E-state index in [1.807, 2.05) is 18.2 Å². The average Bonchev–Trinajstić information content (AvgIpc) is 2.65. The second-order valence-corrected chi connectivity index (χ2v) is 3.71. The molecule has 0 aliphatic heterocycles. The summed E-state index contributed by atoms with van der Waals surface area (Å²) in [5.41, 5.74) is 2.89. The topological polar surface area (TPSA) is 30.2 Å². The summed E-state index contributed by atoms with van der Waals surface area (Å²) in [6.07, 6.45) is 4.32. The molecule has 3 rings (SSSR count). The number of hydrogen-bond acceptors (Lipinski definition) is 2. The van der Waals surface area contributed by atoms with Crippen LogP contribution >= 0.6 is 0 Å². The summed E-state index contributed by atoms with van der Waals surface area (Å²) < 4.78 is 5.28. The number of carbonyl (C=O) groups excluding carboxylic acids is 1. The number of aryl methyl sites for hydroxylation is 1. The van der Waals surface area contributed by atoms with Crippen molar-refractivity contribution in [1.29, 1.82) is 0 Å². The van der Waals surface area contributed by atoms with Crippen LogP contribution < -0.4 is 0 Å². The van der Waals surface area contributed by atoms with Crippen molar-refractivity contribution in [3.05, 3.63) is 35.6 Å². The number of rotatable bonds is 0. The van der Waals surface area contributed by atoms with E-state index in [-0.39, 0.29) is 5.78 Å². The fraction of sp³-hybridized carbons (Fsp3) is 0.250. The van der Waals surface area contributed by atoms with Crippen molar-refractivity contribution in [3.63, 3.8) is 0 Å². The van der Waals surface area contributed by atoms with Gasteiger partial charge < -0.3 is 4.42 Å². The minimum atomic E-state index is 0.262. The molecule has 1 heterocycles. The van der Waals surface area contributed by atoms with Crippen molar-refractivity contribution in [3.8, 4) is 0 Å². The van der Waals surface area contributed by atoms with Gasteiger partial charge in [0.1, 0.15) is 5.58 Å². The number of Topliss-reactive ketones (excluding diaryl/α,β-unsaturated/α-hetero) is 1. The second-order valence-electron chi connectivity index (χ2n) is 3.71. The van der Waals surface area contributed by atoms with Gasteiger partial charge in [-0.2, -0.15) is 0 Å². The standard InChI is InChI=1S/C12H10O2/c13-10-3-1-2-8-4-5-11-9(12(8)10)6-7-14-11/h4-7H,1-3H2. The number of carbonyl (C=O) groups is 1. The molecule has 0 N–H and O–H groups in total. The van der Waals surface area contributed by atoms with Crippen LogP contribution in [0.3, 0.4) is 0 Å². The van der Waals surface area contributed by atoms with Crippen LogP contribution in [0.2, 0.25) is 0 Å². The van der Waals surface area contributed by atoms with Crippen LogP contribution in [0.25, 0.3) is 11.0 Å². The highest BCUT2D eigenvalue weighted by molar-refractivity contribution is 6.09. The van der Waals surface area contributed by atoms with Gasteiger partial charge in [-0.3, -0.25) is 4.79 Å². The van der Waals surface area contributed by atoms with Gasteiger partial charge >= 0.3 is 0 Å². The third-order valence-electron chi connectivity index (χ3n) is 2.85. The maximum atomic E-state index is 11.8. The first-order chi connectivity index (χ1) is 6.86. The second kappa shape index (κ2) is 2.71. The Morgan fingerprint density at radius 2 is 2.07 bits per heavy atom. The highest BCUT2D eigenvalue weighted by Crippen LogP contribution is 2.29. The monoisotopic (exact) mass is 186 g/mol. The van der Waals surface area contributed by atoms with E-state index in [9.17, 15) is 4.79 Å². The van der Waals surface area contributed by atoms with Crippen molar-refractivity contribution in [2.45, 2.75) is 19.3 Å². The normalized spacial score (nSPS) is 15.9. The van der Waals surface area contributed by atoms with Gasteiger partial charge in [-0.05, 0) is 30.5 Å². The van der Waals surface area contributed by atoms with Crippen molar-refractivity contribution in [2.75, 3.05) is 0 Å². The van der Waals surface area contributed by atoms with E-state index < -0.39 is 0 Å².